The van der Waals surface area contributed by atoms with Crippen molar-refractivity contribution < 1.29 is 4.79 Å². The van der Waals surface area contributed by atoms with Gasteiger partial charge < -0.3 is 4.90 Å². The second-order valence-electron chi connectivity index (χ2n) is 10.7. The van der Waals surface area contributed by atoms with Gasteiger partial charge in [-0.25, -0.2) is 0 Å². The highest BCUT2D eigenvalue weighted by atomic mass is 16.2. The van der Waals surface area contributed by atoms with Crippen LogP contribution >= 0.6 is 0 Å². The molecule has 1 amide bonds. The molecule has 1 aromatic heterocycles. The molecule has 4 aliphatic rings. The summed E-state index contributed by atoms with van der Waals surface area (Å²) in [6, 6.07) is 25.9. The van der Waals surface area contributed by atoms with Crippen LogP contribution in [0, 0.1) is 0 Å². The van der Waals surface area contributed by atoms with Crippen LogP contribution in [0.2, 0.25) is 0 Å². The number of piperidine rings is 1. The molecule has 180 valence electrons. The minimum Gasteiger partial charge on any atom is -0.334 e. The van der Waals surface area contributed by atoms with Gasteiger partial charge in [0.15, 0.2) is 0 Å². The van der Waals surface area contributed by atoms with Gasteiger partial charge >= 0.3 is 0 Å². The number of aromatic nitrogens is 1. The lowest BCUT2D eigenvalue weighted by molar-refractivity contribution is 0.0160. The maximum absolute atomic E-state index is 14.0. The van der Waals surface area contributed by atoms with Gasteiger partial charge in [-0.2, -0.15) is 0 Å². The first kappa shape index (κ1) is 22.5. The topological polar surface area (TPSA) is 36.4 Å². The number of hydrogen-bond donors (Lipinski definition) is 0. The fourth-order valence-corrected chi connectivity index (χ4v) is 7.25. The lowest BCUT2D eigenvalue weighted by Crippen LogP contribution is -2.56. The quantitative estimate of drug-likeness (QED) is 0.483. The van der Waals surface area contributed by atoms with E-state index in [2.05, 4.69) is 75.4 Å². The van der Waals surface area contributed by atoms with E-state index >= 15 is 0 Å². The van der Waals surface area contributed by atoms with Crippen molar-refractivity contribution >= 4 is 5.91 Å². The van der Waals surface area contributed by atoms with Crippen LogP contribution in [0.3, 0.4) is 0 Å². The van der Waals surface area contributed by atoms with Gasteiger partial charge in [-0.15, -0.1) is 0 Å². The average molecular weight is 466 g/mol. The summed E-state index contributed by atoms with van der Waals surface area (Å²) in [4.78, 5) is 23.4. The van der Waals surface area contributed by atoms with E-state index in [9.17, 15) is 4.79 Å². The fourth-order valence-electron chi connectivity index (χ4n) is 7.25. The largest absolute Gasteiger partial charge is 0.334 e. The summed E-state index contributed by atoms with van der Waals surface area (Å²) in [6.07, 6.45) is 10.7. The molecule has 4 fully saturated rings. The molecular formula is C31H35N3O. The number of nitrogens with zero attached hydrogens (tertiary/aromatic N) is 3. The smallest absolute Gasteiger partial charge is 0.255 e. The standard InChI is InChI=1S/C31H35N3O/c35-30(26-15-10-17-32-23-26)34-20-16-31(33-18-8-3-9-19-33)21-27(24-11-4-1-5-12-24)29(34)28(22-31)25-13-6-2-7-14-25/h1-2,4-7,10-15,17,23,27-29H,3,8-9,16,18-22H2. The molecule has 0 N–H and O–H groups in total. The number of fused-ring (bicyclic) bond motifs is 4. The van der Waals surface area contributed by atoms with Crippen LogP contribution < -0.4 is 0 Å². The molecule has 4 heterocycles. The van der Waals surface area contributed by atoms with Gasteiger partial charge in [0.25, 0.3) is 5.91 Å². The summed E-state index contributed by atoms with van der Waals surface area (Å²) in [5.74, 6) is 0.738. The van der Waals surface area contributed by atoms with Crippen LogP contribution in [0.1, 0.15) is 71.8 Å². The number of rotatable bonds is 4. The molecule has 2 unspecified atom stereocenters. The Balaban J connectivity index is 1.50. The zero-order chi connectivity index (χ0) is 23.7. The Morgan fingerprint density at radius 1 is 0.771 bits per heavy atom. The van der Waals surface area contributed by atoms with Gasteiger partial charge in [0.1, 0.15) is 0 Å². The normalized spacial score (nSPS) is 29.0. The lowest BCUT2D eigenvalue weighted by atomic mass is 9.63. The predicted molar refractivity (Wildman–Crippen MR) is 139 cm³/mol. The van der Waals surface area contributed by atoms with Crippen LogP contribution in [0.25, 0.3) is 0 Å². The van der Waals surface area contributed by atoms with E-state index in [-0.39, 0.29) is 17.5 Å². The molecular weight excluding hydrogens is 430 g/mol. The molecule has 3 aromatic rings. The molecule has 4 nitrogen and oxygen atoms in total. The minimum atomic E-state index is 0.126. The van der Waals surface area contributed by atoms with Crippen molar-refractivity contribution in [3.63, 3.8) is 0 Å². The highest BCUT2D eigenvalue weighted by Gasteiger charge is 2.55. The molecule has 2 aromatic carbocycles. The van der Waals surface area contributed by atoms with Gasteiger partial charge in [-0.1, -0.05) is 67.1 Å². The summed E-state index contributed by atoms with van der Waals surface area (Å²) >= 11 is 0. The Kier molecular flexibility index (Phi) is 6.15. The van der Waals surface area contributed by atoms with Gasteiger partial charge in [0.05, 0.1) is 5.56 Å². The third-order valence-corrected chi connectivity index (χ3v) is 8.85. The number of benzene rings is 2. The molecule has 35 heavy (non-hydrogen) atoms. The van der Waals surface area contributed by atoms with Crippen molar-refractivity contribution in [2.45, 2.75) is 61.9 Å². The monoisotopic (exact) mass is 465 g/mol. The summed E-state index contributed by atoms with van der Waals surface area (Å²) in [5.41, 5.74) is 3.56. The van der Waals surface area contributed by atoms with Crippen molar-refractivity contribution in [2.75, 3.05) is 19.6 Å². The van der Waals surface area contributed by atoms with Crippen LogP contribution in [0.15, 0.2) is 85.2 Å². The predicted octanol–water partition coefficient (Wildman–Crippen LogP) is 5.88. The minimum absolute atomic E-state index is 0.126. The number of hydrogen-bond acceptors (Lipinski definition) is 3. The Morgan fingerprint density at radius 3 is 1.97 bits per heavy atom. The number of pyridine rings is 1. The Morgan fingerprint density at radius 2 is 1.40 bits per heavy atom. The van der Waals surface area contributed by atoms with Gasteiger partial charge in [-0.05, 0) is 68.5 Å². The maximum Gasteiger partial charge on any atom is 0.255 e. The molecule has 0 radical (unpaired) electrons. The van der Waals surface area contributed by atoms with E-state index in [4.69, 9.17) is 0 Å². The summed E-state index contributed by atoms with van der Waals surface area (Å²) in [5, 5.41) is 0. The third kappa shape index (κ3) is 4.18. The first-order valence-electron chi connectivity index (χ1n) is 13.3. The molecule has 0 spiro atoms. The van der Waals surface area contributed by atoms with Crippen molar-refractivity contribution in [3.8, 4) is 0 Å². The molecule has 2 atom stereocenters. The van der Waals surface area contributed by atoms with E-state index in [0.29, 0.717) is 17.4 Å². The number of amides is 1. The molecule has 3 saturated heterocycles. The van der Waals surface area contributed by atoms with E-state index in [1.54, 1.807) is 12.4 Å². The van der Waals surface area contributed by atoms with Crippen LogP contribution in [-0.2, 0) is 0 Å². The summed E-state index contributed by atoms with van der Waals surface area (Å²) < 4.78 is 0. The van der Waals surface area contributed by atoms with Gasteiger partial charge in [-0.3, -0.25) is 14.7 Å². The lowest BCUT2D eigenvalue weighted by Gasteiger charge is -2.53. The van der Waals surface area contributed by atoms with E-state index in [1.807, 2.05) is 12.1 Å². The van der Waals surface area contributed by atoms with Crippen molar-refractivity contribution in [1.82, 2.24) is 14.8 Å². The first-order chi connectivity index (χ1) is 17.3. The Hall–Kier alpha value is -2.98. The van der Waals surface area contributed by atoms with Crippen LogP contribution in [-0.4, -0.2) is 51.9 Å². The van der Waals surface area contributed by atoms with Crippen LogP contribution in [0.5, 0.6) is 0 Å². The highest BCUT2D eigenvalue weighted by molar-refractivity contribution is 5.94. The molecule has 3 aliphatic heterocycles. The van der Waals surface area contributed by atoms with Gasteiger partial charge in [0.2, 0.25) is 0 Å². The summed E-state index contributed by atoms with van der Waals surface area (Å²) in [7, 11) is 0. The Labute approximate surface area is 209 Å². The van der Waals surface area contributed by atoms with E-state index in [1.165, 1.54) is 43.5 Å². The van der Waals surface area contributed by atoms with Crippen molar-refractivity contribution in [2.24, 2.45) is 0 Å². The van der Waals surface area contributed by atoms with E-state index < -0.39 is 0 Å². The first-order valence-corrected chi connectivity index (χ1v) is 13.3. The molecule has 1 saturated carbocycles. The van der Waals surface area contributed by atoms with Crippen molar-refractivity contribution in [1.29, 1.82) is 0 Å². The maximum atomic E-state index is 14.0. The Bertz CT molecular complexity index is 1080. The molecule has 1 aliphatic carbocycles. The van der Waals surface area contributed by atoms with E-state index in [0.717, 1.165) is 25.8 Å². The SMILES string of the molecule is O=C(c1cccnc1)N1CCC2(N3CCCCC3)CC(c3ccccc3)C1C(c1ccccc1)C2. The summed E-state index contributed by atoms with van der Waals surface area (Å²) in [6.45, 7) is 3.18. The number of carbonyl (C=O) groups excluding carboxylic acids is 1. The average Bonchev–Trinajstić information content (AvgIpc) is 3.23. The molecule has 4 heteroatoms. The van der Waals surface area contributed by atoms with Crippen LogP contribution in [0.4, 0.5) is 0 Å². The molecule has 2 bridgehead atoms. The number of carbonyl (C=O) groups is 1. The second-order valence-corrected chi connectivity index (χ2v) is 10.7. The zero-order valence-electron chi connectivity index (χ0n) is 20.4. The number of likely N-dealkylation sites (tertiary alicyclic amines) is 1. The molecule has 7 rings (SSSR count). The fraction of sp³-hybridized carbons (Fsp3) is 0.419. The third-order valence-electron chi connectivity index (χ3n) is 8.85. The van der Waals surface area contributed by atoms with Gasteiger partial charge in [0, 0.05) is 42.4 Å². The zero-order valence-corrected chi connectivity index (χ0v) is 20.4. The van der Waals surface area contributed by atoms with Crippen molar-refractivity contribution in [3.05, 3.63) is 102 Å². The second kappa shape index (κ2) is 9.58. The highest BCUT2D eigenvalue weighted by Crippen LogP contribution is 2.54.